The number of hydrogen-bond donors (Lipinski definition) is 1. The molecule has 1 aliphatic heterocycles. The molecule has 0 aliphatic carbocycles. The van der Waals surface area contributed by atoms with Crippen molar-refractivity contribution >= 4 is 40.4 Å². The number of benzene rings is 1. The molecule has 0 bridgehead atoms. The smallest absolute Gasteiger partial charge is 0.337 e. The molecule has 1 aromatic carbocycles. The van der Waals surface area contributed by atoms with Gasteiger partial charge in [-0.1, -0.05) is 12.2 Å². The van der Waals surface area contributed by atoms with Gasteiger partial charge in [-0.15, -0.1) is 13.2 Å². The van der Waals surface area contributed by atoms with Crippen molar-refractivity contribution in [3.8, 4) is 0 Å². The minimum Gasteiger partial charge on any atom is -0.465 e. The van der Waals surface area contributed by atoms with Crippen molar-refractivity contribution in [2.24, 2.45) is 4.99 Å². The lowest BCUT2D eigenvalue weighted by Crippen LogP contribution is -2.29. The molecule has 0 aromatic heterocycles. The zero-order valence-electron chi connectivity index (χ0n) is 14.8. The summed E-state index contributed by atoms with van der Waals surface area (Å²) in [5.74, 6) is -1.23. The third kappa shape index (κ3) is 5.18. The van der Waals surface area contributed by atoms with Crippen LogP contribution >= 0.6 is 11.8 Å². The van der Waals surface area contributed by atoms with Crippen LogP contribution in [0.5, 0.6) is 0 Å². The molecule has 2 rings (SSSR count). The molecule has 1 aliphatic rings. The first-order valence-electron chi connectivity index (χ1n) is 7.97. The van der Waals surface area contributed by atoms with Crippen molar-refractivity contribution in [3.05, 3.63) is 66.1 Å². The Balaban J connectivity index is 2.11. The lowest BCUT2D eigenvalue weighted by atomic mass is 10.2. The van der Waals surface area contributed by atoms with Gasteiger partial charge >= 0.3 is 5.97 Å². The highest BCUT2D eigenvalue weighted by Crippen LogP contribution is 2.30. The maximum Gasteiger partial charge on any atom is 0.337 e. The molecule has 8 heteroatoms. The van der Waals surface area contributed by atoms with Crippen LogP contribution in [0, 0.1) is 0 Å². The van der Waals surface area contributed by atoms with E-state index < -0.39 is 11.9 Å². The van der Waals surface area contributed by atoms with Gasteiger partial charge in [-0.25, -0.2) is 4.79 Å². The van der Waals surface area contributed by atoms with E-state index in [0.717, 1.165) is 11.8 Å². The van der Waals surface area contributed by atoms with E-state index >= 15 is 0 Å². The molecule has 0 radical (unpaired) electrons. The molecule has 1 fully saturated rings. The number of thioether (sulfide) groups is 1. The minimum absolute atomic E-state index is 0.267. The van der Waals surface area contributed by atoms with E-state index in [1.165, 1.54) is 30.2 Å². The number of rotatable bonds is 7. The van der Waals surface area contributed by atoms with Crippen molar-refractivity contribution in [1.82, 2.24) is 4.90 Å². The van der Waals surface area contributed by atoms with Gasteiger partial charge in [-0.2, -0.15) is 0 Å². The average molecular weight is 385 g/mol. The molecule has 1 aromatic rings. The van der Waals surface area contributed by atoms with E-state index in [1.807, 2.05) is 0 Å². The van der Waals surface area contributed by atoms with Gasteiger partial charge in [0.25, 0.3) is 5.91 Å². The largest absolute Gasteiger partial charge is 0.465 e. The fraction of sp³-hybridized carbons (Fsp3) is 0.158. The Morgan fingerprint density at radius 3 is 2.56 bits per heavy atom. The maximum absolute atomic E-state index is 12.5. The van der Waals surface area contributed by atoms with Crippen LogP contribution in [-0.4, -0.2) is 48.1 Å². The number of ether oxygens (including phenoxy) is 1. The van der Waals surface area contributed by atoms with Crippen molar-refractivity contribution < 1.29 is 19.1 Å². The van der Waals surface area contributed by atoms with Crippen molar-refractivity contribution in [2.75, 3.05) is 25.5 Å². The van der Waals surface area contributed by atoms with Gasteiger partial charge in [0.15, 0.2) is 5.17 Å². The highest BCUT2D eigenvalue weighted by molar-refractivity contribution is 8.18. The molecule has 1 saturated heterocycles. The maximum atomic E-state index is 12.5. The van der Waals surface area contributed by atoms with Crippen LogP contribution in [0.25, 0.3) is 0 Å². The number of nitrogens with zero attached hydrogens (tertiary/aromatic N) is 2. The lowest BCUT2D eigenvalue weighted by molar-refractivity contribution is -0.122. The van der Waals surface area contributed by atoms with Gasteiger partial charge in [-0.3, -0.25) is 19.5 Å². The monoisotopic (exact) mass is 385 g/mol. The van der Waals surface area contributed by atoms with Crippen LogP contribution in [0.15, 0.2) is 65.5 Å². The second-order valence-corrected chi connectivity index (χ2v) is 6.29. The molecule has 2 amide bonds. The second-order valence-electron chi connectivity index (χ2n) is 5.29. The summed E-state index contributed by atoms with van der Waals surface area (Å²) in [6.45, 7) is 7.90. The first kappa shape index (κ1) is 20.2. The Labute approximate surface area is 161 Å². The predicted octanol–water partition coefficient (Wildman–Crippen LogP) is 2.60. The number of carbonyl (C=O) groups is 3. The summed E-state index contributed by atoms with van der Waals surface area (Å²) in [6, 6.07) is 6.23. The molecule has 1 heterocycles. The normalized spacial score (nSPS) is 16.5. The van der Waals surface area contributed by atoms with E-state index in [9.17, 15) is 14.4 Å². The Morgan fingerprint density at radius 2 is 1.96 bits per heavy atom. The molecular weight excluding hydrogens is 366 g/mol. The SMILES string of the molecule is C=CCN=C1S/C(=C/C(=O)Nc2ccc(C(=O)OC)cc2)C(=O)N1CC=C. The van der Waals surface area contributed by atoms with E-state index in [0.29, 0.717) is 29.5 Å². The number of anilines is 1. The average Bonchev–Trinajstić information content (AvgIpc) is 2.95. The number of esters is 1. The van der Waals surface area contributed by atoms with E-state index in [4.69, 9.17) is 0 Å². The number of nitrogens with one attached hydrogen (secondary N) is 1. The molecule has 0 saturated carbocycles. The summed E-state index contributed by atoms with van der Waals surface area (Å²) in [7, 11) is 1.29. The summed E-state index contributed by atoms with van der Waals surface area (Å²) >= 11 is 1.12. The third-order valence-corrected chi connectivity index (χ3v) is 4.44. The molecule has 27 heavy (non-hydrogen) atoms. The van der Waals surface area contributed by atoms with Crippen molar-refractivity contribution in [3.63, 3.8) is 0 Å². The summed E-state index contributed by atoms with van der Waals surface area (Å²) < 4.78 is 4.62. The quantitative estimate of drug-likeness (QED) is 0.443. The van der Waals surface area contributed by atoms with Crippen LogP contribution in [0.1, 0.15) is 10.4 Å². The first-order valence-corrected chi connectivity index (χ1v) is 8.78. The van der Waals surface area contributed by atoms with E-state index in [2.05, 4.69) is 28.2 Å². The van der Waals surface area contributed by atoms with Crippen LogP contribution in [-0.2, 0) is 14.3 Å². The molecule has 140 valence electrons. The molecule has 0 atom stereocenters. The zero-order chi connectivity index (χ0) is 19.8. The van der Waals surface area contributed by atoms with Crippen LogP contribution in [0.3, 0.4) is 0 Å². The molecule has 0 spiro atoms. The zero-order valence-corrected chi connectivity index (χ0v) is 15.6. The van der Waals surface area contributed by atoms with Gasteiger partial charge in [-0.05, 0) is 36.0 Å². The number of amidine groups is 1. The summed E-state index contributed by atoms with van der Waals surface area (Å²) in [5.41, 5.74) is 0.863. The Kier molecular flexibility index (Phi) is 7.13. The fourth-order valence-corrected chi connectivity index (χ4v) is 3.13. The highest BCUT2D eigenvalue weighted by atomic mass is 32.2. The summed E-state index contributed by atoms with van der Waals surface area (Å²) in [6.07, 6.45) is 4.44. The minimum atomic E-state index is -0.461. The van der Waals surface area contributed by atoms with Gasteiger partial charge in [0.05, 0.1) is 24.1 Å². The number of aliphatic imine (C=N–C) groups is 1. The lowest BCUT2D eigenvalue weighted by Gasteiger charge is -2.12. The number of methoxy groups -OCH3 is 1. The van der Waals surface area contributed by atoms with Gasteiger partial charge in [0.2, 0.25) is 5.91 Å². The van der Waals surface area contributed by atoms with E-state index in [-0.39, 0.29) is 10.8 Å². The summed E-state index contributed by atoms with van der Waals surface area (Å²) in [5, 5.41) is 3.15. The standard InChI is InChI=1S/C19H19N3O4S/c1-4-10-20-19-22(11-5-2)17(24)15(27-19)12-16(23)21-14-8-6-13(7-9-14)18(25)26-3/h4-9,12H,1-2,10-11H2,3H3,(H,21,23)/b15-12+,20-19?. The van der Waals surface area contributed by atoms with Crippen LogP contribution in [0.2, 0.25) is 0 Å². The highest BCUT2D eigenvalue weighted by Gasteiger charge is 2.32. The Bertz CT molecular complexity index is 828. The van der Waals surface area contributed by atoms with Gasteiger partial charge in [0, 0.05) is 18.3 Å². The molecule has 0 unspecified atom stereocenters. The van der Waals surface area contributed by atoms with Crippen LogP contribution < -0.4 is 5.32 Å². The van der Waals surface area contributed by atoms with Gasteiger partial charge < -0.3 is 10.1 Å². The second kappa shape index (κ2) is 9.54. The predicted molar refractivity (Wildman–Crippen MR) is 106 cm³/mol. The first-order chi connectivity index (χ1) is 13.0. The number of hydrogen-bond acceptors (Lipinski definition) is 6. The molecular formula is C19H19N3O4S. The molecule has 7 nitrogen and oxygen atoms in total. The number of amides is 2. The topological polar surface area (TPSA) is 88.1 Å². The molecule has 1 N–H and O–H groups in total. The summed E-state index contributed by atoms with van der Waals surface area (Å²) in [4.78, 5) is 42.1. The van der Waals surface area contributed by atoms with Crippen molar-refractivity contribution in [1.29, 1.82) is 0 Å². The Hall–Kier alpha value is -3.13. The van der Waals surface area contributed by atoms with Crippen LogP contribution in [0.4, 0.5) is 5.69 Å². The van der Waals surface area contributed by atoms with Crippen molar-refractivity contribution in [2.45, 2.75) is 0 Å². The Morgan fingerprint density at radius 1 is 1.26 bits per heavy atom. The fourth-order valence-electron chi connectivity index (χ4n) is 2.16. The van der Waals surface area contributed by atoms with Gasteiger partial charge in [0.1, 0.15) is 0 Å². The van der Waals surface area contributed by atoms with E-state index in [1.54, 1.807) is 24.3 Å². The number of carbonyl (C=O) groups excluding carboxylic acids is 3. The third-order valence-electron chi connectivity index (χ3n) is 3.39.